The van der Waals surface area contributed by atoms with E-state index in [1.165, 1.54) is 12.1 Å². The van der Waals surface area contributed by atoms with E-state index in [2.05, 4.69) is 14.9 Å². The van der Waals surface area contributed by atoms with Crippen LogP contribution in [0.4, 0.5) is 18.9 Å². The number of aromatic nitrogens is 2. The van der Waals surface area contributed by atoms with Crippen LogP contribution in [0.2, 0.25) is 0 Å². The quantitative estimate of drug-likeness (QED) is 0.402. The number of nitrogens with zero attached hydrogens (tertiary/aromatic N) is 4. The van der Waals surface area contributed by atoms with Gasteiger partial charge in [-0.3, -0.25) is 4.90 Å². The van der Waals surface area contributed by atoms with E-state index in [9.17, 15) is 13.9 Å². The molecule has 0 atom stereocenters. The van der Waals surface area contributed by atoms with Crippen LogP contribution in [-0.2, 0) is 13.0 Å². The molecule has 214 valence electrons. The first kappa shape index (κ1) is 28.4. The molecule has 0 saturated carbocycles. The Hall–Kier alpha value is -3.17. The van der Waals surface area contributed by atoms with Crippen LogP contribution in [0.3, 0.4) is 0 Å². The smallest absolute Gasteiger partial charge is 0.178 e. The zero-order valence-corrected chi connectivity index (χ0v) is 23.6. The van der Waals surface area contributed by atoms with E-state index < -0.39 is 17.2 Å². The van der Waals surface area contributed by atoms with Crippen molar-refractivity contribution in [1.29, 1.82) is 0 Å². The highest BCUT2D eigenvalue weighted by atomic mass is 19.1. The number of halogens is 3. The van der Waals surface area contributed by atoms with Crippen molar-refractivity contribution >= 4 is 5.69 Å². The molecule has 3 aromatic rings. The van der Waals surface area contributed by atoms with Crippen LogP contribution in [0.15, 0.2) is 36.5 Å². The number of likely N-dealkylation sites (tertiary alicyclic amines) is 1. The second-order valence-electron chi connectivity index (χ2n) is 11.7. The molecule has 1 N–H and O–H groups in total. The highest BCUT2D eigenvalue weighted by Gasteiger charge is 2.31. The first-order chi connectivity index (χ1) is 19.0. The minimum absolute atomic E-state index is 0.00692. The molecule has 2 aromatic carbocycles. The molecule has 5 rings (SSSR count). The summed E-state index contributed by atoms with van der Waals surface area (Å²) in [6, 6.07) is 8.13. The molecule has 0 spiro atoms. The van der Waals surface area contributed by atoms with Crippen LogP contribution >= 0.6 is 0 Å². The number of ether oxygens (including phenoxy) is 1. The Kier molecular flexibility index (Phi) is 8.06. The molecule has 0 unspecified atom stereocenters. The Labute approximate surface area is 233 Å². The molecule has 6 nitrogen and oxygen atoms in total. The summed E-state index contributed by atoms with van der Waals surface area (Å²) in [5.41, 5.74) is 1.43. The molecule has 1 aromatic heterocycles. The van der Waals surface area contributed by atoms with E-state index in [0.29, 0.717) is 47.9 Å². The largest absolute Gasteiger partial charge is 0.486 e. The fraction of sp³-hybridized carbons (Fsp3) is 0.484. The standard InChI is InChI=1S/C31H37F3N4O2/c1-19(2)38-11-12-40-30-25(33)15-22(16-27(30)38)29-26(34)17-35-28(36-29)14-20-5-6-21(24(32)13-20)18-37-9-7-23(8-10-37)31(3,4)39/h5-6,13,15-17,19,23,39H,7-12,14,18H2,1-4H3. The molecule has 3 heterocycles. The maximum atomic E-state index is 15.1. The molecule has 0 aliphatic carbocycles. The highest BCUT2D eigenvalue weighted by molar-refractivity contribution is 5.72. The monoisotopic (exact) mass is 554 g/mol. The summed E-state index contributed by atoms with van der Waals surface area (Å²) in [6.45, 7) is 10.8. The van der Waals surface area contributed by atoms with Gasteiger partial charge in [0, 0.05) is 30.1 Å². The normalized spacial score (nSPS) is 16.8. The first-order valence-corrected chi connectivity index (χ1v) is 14.0. The molecular formula is C31H37F3N4O2. The van der Waals surface area contributed by atoms with Gasteiger partial charge in [0.15, 0.2) is 17.4 Å². The fourth-order valence-corrected chi connectivity index (χ4v) is 5.72. The predicted octanol–water partition coefficient (Wildman–Crippen LogP) is 5.74. The van der Waals surface area contributed by atoms with Gasteiger partial charge in [0.1, 0.15) is 23.9 Å². The topological polar surface area (TPSA) is 61.7 Å². The third-order valence-corrected chi connectivity index (χ3v) is 8.06. The Bertz CT molecular complexity index is 1370. The summed E-state index contributed by atoms with van der Waals surface area (Å²) in [7, 11) is 0. The van der Waals surface area contributed by atoms with E-state index in [1.807, 2.05) is 38.7 Å². The molecule has 0 radical (unpaired) electrons. The molecule has 2 aliphatic heterocycles. The minimum Gasteiger partial charge on any atom is -0.486 e. The van der Waals surface area contributed by atoms with Crippen LogP contribution in [0.5, 0.6) is 5.75 Å². The summed E-state index contributed by atoms with van der Waals surface area (Å²) >= 11 is 0. The van der Waals surface area contributed by atoms with Crippen molar-refractivity contribution in [2.24, 2.45) is 5.92 Å². The highest BCUT2D eigenvalue weighted by Crippen LogP contribution is 2.39. The van der Waals surface area contributed by atoms with E-state index >= 15 is 4.39 Å². The third-order valence-electron chi connectivity index (χ3n) is 8.06. The van der Waals surface area contributed by atoms with Crippen molar-refractivity contribution in [3.05, 3.63) is 70.9 Å². The van der Waals surface area contributed by atoms with E-state index in [0.717, 1.165) is 32.1 Å². The second-order valence-corrected chi connectivity index (χ2v) is 11.7. The molecule has 0 bridgehead atoms. The van der Waals surface area contributed by atoms with Crippen molar-refractivity contribution in [3.63, 3.8) is 0 Å². The molecule has 1 saturated heterocycles. The van der Waals surface area contributed by atoms with Gasteiger partial charge in [0.25, 0.3) is 0 Å². The third kappa shape index (κ3) is 6.10. The number of anilines is 1. The van der Waals surface area contributed by atoms with Gasteiger partial charge >= 0.3 is 0 Å². The molecule has 2 aliphatic rings. The number of piperidine rings is 1. The Balaban J connectivity index is 1.32. The van der Waals surface area contributed by atoms with Crippen molar-refractivity contribution in [1.82, 2.24) is 14.9 Å². The lowest BCUT2D eigenvalue weighted by Crippen LogP contribution is -2.41. The van der Waals surface area contributed by atoms with Gasteiger partial charge in [-0.25, -0.2) is 23.1 Å². The van der Waals surface area contributed by atoms with Gasteiger partial charge < -0.3 is 14.7 Å². The summed E-state index contributed by atoms with van der Waals surface area (Å²) in [5.74, 6) is -0.820. The van der Waals surface area contributed by atoms with Gasteiger partial charge in [-0.05, 0) is 83.3 Å². The van der Waals surface area contributed by atoms with Crippen molar-refractivity contribution in [3.8, 4) is 17.0 Å². The van der Waals surface area contributed by atoms with Gasteiger partial charge in [0.05, 0.1) is 24.0 Å². The summed E-state index contributed by atoms with van der Waals surface area (Å²) in [4.78, 5) is 12.8. The summed E-state index contributed by atoms with van der Waals surface area (Å²) < 4.78 is 50.5. The molecule has 0 amide bonds. The Morgan fingerprint density at radius 2 is 1.77 bits per heavy atom. The molecular weight excluding hydrogens is 517 g/mol. The van der Waals surface area contributed by atoms with E-state index in [-0.39, 0.29) is 35.6 Å². The van der Waals surface area contributed by atoms with Crippen LogP contribution < -0.4 is 9.64 Å². The lowest BCUT2D eigenvalue weighted by molar-refractivity contribution is -0.0137. The van der Waals surface area contributed by atoms with Crippen LogP contribution in [0, 0.1) is 23.4 Å². The van der Waals surface area contributed by atoms with Crippen molar-refractivity contribution < 1.29 is 23.0 Å². The van der Waals surface area contributed by atoms with Crippen molar-refractivity contribution in [2.75, 3.05) is 31.1 Å². The molecule has 40 heavy (non-hydrogen) atoms. The maximum Gasteiger partial charge on any atom is 0.178 e. The van der Waals surface area contributed by atoms with Crippen LogP contribution in [0.25, 0.3) is 11.3 Å². The first-order valence-electron chi connectivity index (χ1n) is 14.0. The number of benzene rings is 2. The lowest BCUT2D eigenvalue weighted by Gasteiger charge is -2.37. The maximum absolute atomic E-state index is 15.1. The molecule has 1 fully saturated rings. The van der Waals surface area contributed by atoms with E-state index in [1.54, 1.807) is 12.1 Å². The van der Waals surface area contributed by atoms with Gasteiger partial charge in [0.2, 0.25) is 0 Å². The number of hydrogen-bond acceptors (Lipinski definition) is 6. The van der Waals surface area contributed by atoms with Crippen LogP contribution in [0.1, 0.15) is 57.5 Å². The zero-order chi connectivity index (χ0) is 28.6. The zero-order valence-electron chi connectivity index (χ0n) is 23.6. The lowest BCUT2D eigenvalue weighted by atomic mass is 9.83. The summed E-state index contributed by atoms with van der Waals surface area (Å²) in [6.07, 6.45) is 3.04. The van der Waals surface area contributed by atoms with Crippen molar-refractivity contribution in [2.45, 2.75) is 65.1 Å². The minimum atomic E-state index is -0.696. The van der Waals surface area contributed by atoms with Crippen LogP contribution in [-0.4, -0.2) is 57.9 Å². The predicted molar refractivity (Wildman–Crippen MR) is 149 cm³/mol. The van der Waals surface area contributed by atoms with E-state index in [4.69, 9.17) is 4.74 Å². The number of rotatable bonds is 7. The fourth-order valence-electron chi connectivity index (χ4n) is 5.72. The Morgan fingerprint density at radius 1 is 1.02 bits per heavy atom. The average molecular weight is 555 g/mol. The van der Waals surface area contributed by atoms with Gasteiger partial charge in [-0.2, -0.15) is 0 Å². The number of aliphatic hydroxyl groups is 1. The summed E-state index contributed by atoms with van der Waals surface area (Å²) in [5, 5.41) is 10.3. The SMILES string of the molecule is CC(C)N1CCOc2c(F)cc(-c3nc(Cc4ccc(CN5CCC(C(C)(C)O)CC5)c(F)c4)ncc3F)cc21. The Morgan fingerprint density at radius 3 is 2.45 bits per heavy atom. The average Bonchev–Trinajstić information content (AvgIpc) is 2.90. The van der Waals surface area contributed by atoms with Gasteiger partial charge in [-0.1, -0.05) is 12.1 Å². The second kappa shape index (κ2) is 11.4. The number of hydrogen-bond donors (Lipinski definition) is 1. The molecule has 9 heteroatoms. The number of fused-ring (bicyclic) bond motifs is 1. The van der Waals surface area contributed by atoms with Gasteiger partial charge in [-0.15, -0.1) is 0 Å².